The van der Waals surface area contributed by atoms with Gasteiger partial charge in [0.1, 0.15) is 0 Å². The van der Waals surface area contributed by atoms with Crippen molar-refractivity contribution in [3.05, 3.63) is 63.4 Å². The molecule has 6 heteroatoms. The highest BCUT2D eigenvalue weighted by atomic mass is 79.9. The summed E-state index contributed by atoms with van der Waals surface area (Å²) in [5, 5.41) is 0. The molecule has 0 bridgehead atoms. The molecule has 0 radical (unpaired) electrons. The molecule has 2 aromatic rings. The predicted molar refractivity (Wildman–Crippen MR) is 104 cm³/mol. The molecule has 0 N–H and O–H groups in total. The number of aromatic nitrogens is 1. The lowest BCUT2D eigenvalue weighted by Crippen LogP contribution is -2.14. The number of nitrogens with zero attached hydrogens (tertiary/aromatic N) is 1. The first kappa shape index (κ1) is 20.1. The lowest BCUT2D eigenvalue weighted by Gasteiger charge is -2.08. The van der Waals surface area contributed by atoms with Crippen molar-refractivity contribution in [2.45, 2.75) is 20.4 Å². The number of hydrogen-bond donors (Lipinski definition) is 0. The van der Waals surface area contributed by atoms with Crippen LogP contribution in [0, 0.1) is 13.8 Å². The van der Waals surface area contributed by atoms with Crippen LogP contribution in [0.1, 0.15) is 27.3 Å². The number of halogens is 1. The van der Waals surface area contributed by atoms with E-state index in [1.165, 1.54) is 6.08 Å². The van der Waals surface area contributed by atoms with Crippen LogP contribution >= 0.6 is 15.9 Å². The van der Waals surface area contributed by atoms with Crippen LogP contribution in [0.4, 0.5) is 0 Å². The van der Waals surface area contributed by atoms with E-state index in [9.17, 15) is 9.59 Å². The molecule has 0 aliphatic carbocycles. The summed E-state index contributed by atoms with van der Waals surface area (Å²) in [6.45, 7) is 4.78. The SMILES string of the molecule is COCCn1c(C)cc(C(=O)COC(=O)/C=C/c2ccc(Br)cc2)c1C. The number of Topliss-reactive ketones (excluding diaryl/α,β-unsaturated/α-hetero) is 1. The number of rotatable bonds is 8. The number of ketones is 1. The van der Waals surface area contributed by atoms with Gasteiger partial charge in [-0.05, 0) is 43.7 Å². The van der Waals surface area contributed by atoms with Gasteiger partial charge >= 0.3 is 5.97 Å². The Morgan fingerprint density at radius 2 is 1.88 bits per heavy atom. The molecule has 26 heavy (non-hydrogen) atoms. The molecule has 0 atom stereocenters. The third-order valence-electron chi connectivity index (χ3n) is 4.02. The van der Waals surface area contributed by atoms with Gasteiger partial charge in [0, 0.05) is 41.2 Å². The van der Waals surface area contributed by atoms with E-state index in [1.54, 1.807) is 13.2 Å². The molecule has 5 nitrogen and oxygen atoms in total. The van der Waals surface area contributed by atoms with Crippen LogP contribution < -0.4 is 0 Å². The molecule has 0 spiro atoms. The summed E-state index contributed by atoms with van der Waals surface area (Å²) in [7, 11) is 1.64. The van der Waals surface area contributed by atoms with Gasteiger partial charge in [0.05, 0.1) is 6.61 Å². The molecule has 1 aromatic heterocycles. The van der Waals surface area contributed by atoms with Crippen LogP contribution in [-0.4, -0.2) is 36.6 Å². The number of esters is 1. The zero-order chi connectivity index (χ0) is 19.1. The zero-order valence-corrected chi connectivity index (χ0v) is 16.7. The molecule has 0 aliphatic heterocycles. The third-order valence-corrected chi connectivity index (χ3v) is 4.55. The monoisotopic (exact) mass is 419 g/mol. The molecular weight excluding hydrogens is 398 g/mol. The van der Waals surface area contributed by atoms with E-state index in [4.69, 9.17) is 9.47 Å². The van der Waals surface area contributed by atoms with Crippen molar-refractivity contribution in [2.24, 2.45) is 0 Å². The van der Waals surface area contributed by atoms with E-state index in [0.717, 1.165) is 21.4 Å². The summed E-state index contributed by atoms with van der Waals surface area (Å²) < 4.78 is 13.1. The van der Waals surface area contributed by atoms with Crippen molar-refractivity contribution < 1.29 is 19.1 Å². The zero-order valence-electron chi connectivity index (χ0n) is 15.1. The van der Waals surface area contributed by atoms with Crippen molar-refractivity contribution >= 4 is 33.8 Å². The number of carbonyl (C=O) groups excluding carboxylic acids is 2. The Bertz CT molecular complexity index is 806. The van der Waals surface area contributed by atoms with Gasteiger partial charge < -0.3 is 14.0 Å². The molecule has 1 heterocycles. The molecule has 0 fully saturated rings. The average Bonchev–Trinajstić information content (AvgIpc) is 2.91. The second-order valence-electron chi connectivity index (χ2n) is 5.85. The number of ether oxygens (including phenoxy) is 2. The van der Waals surface area contributed by atoms with Crippen molar-refractivity contribution in [2.75, 3.05) is 20.3 Å². The Hall–Kier alpha value is -2.18. The van der Waals surface area contributed by atoms with Gasteiger partial charge in [-0.1, -0.05) is 28.1 Å². The standard InChI is InChI=1S/C20H22BrNO4/c1-14-12-18(15(2)22(14)10-11-25-3)19(23)13-26-20(24)9-6-16-4-7-17(21)8-5-16/h4-9,12H,10-11,13H2,1-3H3/b9-6+. The van der Waals surface area contributed by atoms with Gasteiger partial charge in [0.15, 0.2) is 6.61 Å². The number of carbonyl (C=O) groups is 2. The largest absolute Gasteiger partial charge is 0.454 e. The molecule has 0 saturated heterocycles. The van der Waals surface area contributed by atoms with E-state index < -0.39 is 5.97 Å². The first-order chi connectivity index (χ1) is 12.4. The Balaban J connectivity index is 1.93. The Labute approximate surface area is 161 Å². The minimum absolute atomic E-state index is 0.216. The molecule has 2 rings (SSSR count). The normalized spacial score (nSPS) is 11.1. The topological polar surface area (TPSA) is 57.5 Å². The van der Waals surface area contributed by atoms with Crippen LogP contribution in [0.15, 0.2) is 40.9 Å². The molecule has 0 unspecified atom stereocenters. The summed E-state index contributed by atoms with van der Waals surface area (Å²) in [6.07, 6.45) is 2.97. The fourth-order valence-corrected chi connectivity index (χ4v) is 2.88. The van der Waals surface area contributed by atoms with Gasteiger partial charge in [-0.2, -0.15) is 0 Å². The first-order valence-electron chi connectivity index (χ1n) is 8.21. The number of hydrogen-bond acceptors (Lipinski definition) is 4. The van der Waals surface area contributed by atoms with Crippen LogP contribution in [0.3, 0.4) is 0 Å². The predicted octanol–water partition coefficient (Wildman–Crippen LogP) is 3.95. The minimum atomic E-state index is -0.547. The summed E-state index contributed by atoms with van der Waals surface area (Å²) in [6, 6.07) is 9.32. The summed E-state index contributed by atoms with van der Waals surface area (Å²) in [4.78, 5) is 24.2. The fraction of sp³-hybridized carbons (Fsp3) is 0.300. The van der Waals surface area contributed by atoms with Crippen molar-refractivity contribution in [1.82, 2.24) is 4.57 Å². The lowest BCUT2D eigenvalue weighted by atomic mass is 10.1. The minimum Gasteiger partial charge on any atom is -0.454 e. The second-order valence-corrected chi connectivity index (χ2v) is 6.76. The summed E-state index contributed by atoms with van der Waals surface area (Å²) in [5.41, 5.74) is 3.27. The van der Waals surface area contributed by atoms with Crippen LogP contribution in [0.2, 0.25) is 0 Å². The molecule has 0 saturated carbocycles. The van der Waals surface area contributed by atoms with Gasteiger partial charge in [-0.3, -0.25) is 4.79 Å². The highest BCUT2D eigenvalue weighted by Gasteiger charge is 2.16. The van der Waals surface area contributed by atoms with Gasteiger partial charge in [0.2, 0.25) is 5.78 Å². The smallest absolute Gasteiger partial charge is 0.331 e. The molecule has 138 valence electrons. The van der Waals surface area contributed by atoms with E-state index >= 15 is 0 Å². The van der Waals surface area contributed by atoms with Gasteiger partial charge in [-0.25, -0.2) is 4.79 Å². The Kier molecular flexibility index (Phi) is 7.36. The van der Waals surface area contributed by atoms with Crippen molar-refractivity contribution in [3.63, 3.8) is 0 Å². The summed E-state index contributed by atoms with van der Waals surface area (Å²) in [5.74, 6) is -0.762. The Morgan fingerprint density at radius 3 is 2.54 bits per heavy atom. The number of aryl methyl sites for hydroxylation is 1. The van der Waals surface area contributed by atoms with Crippen LogP contribution in [0.25, 0.3) is 6.08 Å². The number of methoxy groups -OCH3 is 1. The van der Waals surface area contributed by atoms with Gasteiger partial charge in [-0.15, -0.1) is 0 Å². The first-order valence-corrected chi connectivity index (χ1v) is 9.01. The maximum absolute atomic E-state index is 12.4. The van der Waals surface area contributed by atoms with E-state index in [1.807, 2.05) is 48.7 Å². The van der Waals surface area contributed by atoms with Crippen molar-refractivity contribution in [1.29, 1.82) is 0 Å². The lowest BCUT2D eigenvalue weighted by molar-refractivity contribution is -0.136. The van der Waals surface area contributed by atoms with Crippen LogP contribution in [0.5, 0.6) is 0 Å². The van der Waals surface area contributed by atoms with Crippen LogP contribution in [-0.2, 0) is 20.8 Å². The van der Waals surface area contributed by atoms with E-state index in [2.05, 4.69) is 15.9 Å². The third kappa shape index (κ3) is 5.41. The molecule has 0 aliphatic rings. The maximum Gasteiger partial charge on any atom is 0.331 e. The van der Waals surface area contributed by atoms with Gasteiger partial charge in [0.25, 0.3) is 0 Å². The second kappa shape index (κ2) is 9.50. The summed E-state index contributed by atoms with van der Waals surface area (Å²) >= 11 is 3.35. The molecular formula is C20H22BrNO4. The highest BCUT2D eigenvalue weighted by molar-refractivity contribution is 9.10. The van der Waals surface area contributed by atoms with E-state index in [-0.39, 0.29) is 12.4 Å². The number of benzene rings is 1. The highest BCUT2D eigenvalue weighted by Crippen LogP contribution is 2.16. The fourth-order valence-electron chi connectivity index (χ4n) is 2.61. The quantitative estimate of drug-likeness (QED) is 0.369. The van der Waals surface area contributed by atoms with E-state index in [0.29, 0.717) is 18.7 Å². The maximum atomic E-state index is 12.4. The Morgan fingerprint density at radius 1 is 1.19 bits per heavy atom. The average molecular weight is 420 g/mol. The molecule has 0 amide bonds. The van der Waals surface area contributed by atoms with Crippen molar-refractivity contribution in [3.8, 4) is 0 Å². The molecule has 1 aromatic carbocycles.